The van der Waals surface area contributed by atoms with Crippen molar-refractivity contribution in [1.82, 2.24) is 5.32 Å². The lowest BCUT2D eigenvalue weighted by Crippen LogP contribution is -2.45. The van der Waals surface area contributed by atoms with Gasteiger partial charge >= 0.3 is 0 Å². The summed E-state index contributed by atoms with van der Waals surface area (Å²) in [5.41, 5.74) is 0. The van der Waals surface area contributed by atoms with Crippen LogP contribution in [0.25, 0.3) is 0 Å². The molecule has 0 heterocycles. The van der Waals surface area contributed by atoms with E-state index in [0.29, 0.717) is 12.8 Å². The van der Waals surface area contributed by atoms with E-state index in [1.165, 1.54) is 212 Å². The molecule has 0 bridgehead atoms. The van der Waals surface area contributed by atoms with E-state index >= 15 is 0 Å². The summed E-state index contributed by atoms with van der Waals surface area (Å²) in [4.78, 5) is 12.4. The van der Waals surface area contributed by atoms with Crippen molar-refractivity contribution in [2.24, 2.45) is 0 Å². The Balaban J connectivity index is 3.43. The Bertz CT molecular complexity index is 695. The van der Waals surface area contributed by atoms with Crippen LogP contribution in [0, 0.1) is 0 Å². The summed E-state index contributed by atoms with van der Waals surface area (Å²) in [7, 11) is 0. The van der Waals surface area contributed by atoms with Gasteiger partial charge in [0.2, 0.25) is 5.91 Å². The van der Waals surface area contributed by atoms with Gasteiger partial charge < -0.3 is 15.5 Å². The van der Waals surface area contributed by atoms with Gasteiger partial charge in [-0.15, -0.1) is 0 Å². The quantitative estimate of drug-likeness (QED) is 0.0434. The molecule has 0 saturated carbocycles. The first kappa shape index (κ1) is 50.1. The fourth-order valence-corrected chi connectivity index (χ4v) is 7.42. The van der Waals surface area contributed by atoms with E-state index in [1.54, 1.807) is 0 Å². The lowest BCUT2D eigenvalue weighted by atomic mass is 10.0. The highest BCUT2D eigenvalue weighted by atomic mass is 16.3. The van der Waals surface area contributed by atoms with Crippen molar-refractivity contribution < 1.29 is 15.0 Å². The molecule has 4 nitrogen and oxygen atoms in total. The lowest BCUT2D eigenvalue weighted by Gasteiger charge is -2.22. The number of unbranched alkanes of at least 4 members (excludes halogenated alkanes) is 34. The summed E-state index contributed by atoms with van der Waals surface area (Å²) >= 11 is 0. The first-order valence-corrected chi connectivity index (χ1v) is 23.4. The predicted octanol–water partition coefficient (Wildman–Crippen LogP) is 14.6. The molecule has 304 valence electrons. The van der Waals surface area contributed by atoms with Crippen LogP contribution in [0.3, 0.4) is 0 Å². The first-order valence-electron chi connectivity index (χ1n) is 23.4. The molecule has 0 fully saturated rings. The highest BCUT2D eigenvalue weighted by Gasteiger charge is 2.20. The highest BCUT2D eigenvalue weighted by Crippen LogP contribution is 2.16. The third-order valence-electron chi connectivity index (χ3n) is 11.0. The van der Waals surface area contributed by atoms with Gasteiger partial charge in [0.15, 0.2) is 0 Å². The largest absolute Gasteiger partial charge is 0.394 e. The monoisotopic (exact) mass is 720 g/mol. The van der Waals surface area contributed by atoms with E-state index in [4.69, 9.17) is 0 Å². The molecule has 2 atom stereocenters. The van der Waals surface area contributed by atoms with Crippen molar-refractivity contribution in [3.05, 3.63) is 12.2 Å². The Labute approximate surface area is 320 Å². The first-order chi connectivity index (χ1) is 25.2. The van der Waals surface area contributed by atoms with Crippen molar-refractivity contribution >= 4 is 5.91 Å². The molecule has 0 radical (unpaired) electrons. The number of aliphatic hydroxyl groups is 2. The number of amides is 1. The molecule has 0 aromatic heterocycles. The van der Waals surface area contributed by atoms with Crippen LogP contribution in [0.15, 0.2) is 12.2 Å². The average molecular weight is 720 g/mol. The van der Waals surface area contributed by atoms with Crippen molar-refractivity contribution in [3.8, 4) is 0 Å². The van der Waals surface area contributed by atoms with E-state index in [-0.39, 0.29) is 12.5 Å². The van der Waals surface area contributed by atoms with Gasteiger partial charge in [-0.1, -0.05) is 231 Å². The summed E-state index contributed by atoms with van der Waals surface area (Å²) in [6.45, 7) is 4.37. The van der Waals surface area contributed by atoms with Gasteiger partial charge in [0, 0.05) is 6.42 Å². The lowest BCUT2D eigenvalue weighted by molar-refractivity contribution is -0.123. The van der Waals surface area contributed by atoms with Crippen molar-refractivity contribution in [1.29, 1.82) is 0 Å². The molecular weight excluding hydrogens is 627 g/mol. The van der Waals surface area contributed by atoms with Crippen molar-refractivity contribution in [2.75, 3.05) is 6.61 Å². The Kier molecular flexibility index (Phi) is 42.8. The third-order valence-corrected chi connectivity index (χ3v) is 11.0. The standard InChI is InChI=1S/C47H93NO3/c1-3-5-7-9-11-13-15-17-18-19-20-21-22-23-24-25-26-27-28-29-30-31-33-35-37-39-41-43-47(51)48-45(44-49)46(50)42-40-38-36-34-32-16-14-12-10-8-6-4-2/h23-24,45-46,49-50H,3-22,25-44H2,1-2H3,(H,48,51)/b24-23-. The molecule has 0 aliphatic heterocycles. The molecule has 51 heavy (non-hydrogen) atoms. The molecular formula is C47H93NO3. The second kappa shape index (κ2) is 43.5. The van der Waals surface area contributed by atoms with E-state index in [9.17, 15) is 15.0 Å². The summed E-state index contributed by atoms with van der Waals surface area (Å²) in [6.07, 6.45) is 54.5. The minimum atomic E-state index is -0.655. The average Bonchev–Trinajstić information content (AvgIpc) is 3.13. The highest BCUT2D eigenvalue weighted by molar-refractivity contribution is 5.76. The molecule has 3 N–H and O–H groups in total. The fourth-order valence-electron chi connectivity index (χ4n) is 7.42. The normalized spacial score (nSPS) is 12.9. The molecule has 0 aliphatic rings. The summed E-state index contributed by atoms with van der Waals surface area (Å²) < 4.78 is 0. The maximum Gasteiger partial charge on any atom is 0.220 e. The predicted molar refractivity (Wildman–Crippen MR) is 226 cm³/mol. The topological polar surface area (TPSA) is 69.6 Å². The number of carbonyl (C=O) groups is 1. The number of carbonyl (C=O) groups excluding carboxylic acids is 1. The van der Waals surface area contributed by atoms with E-state index in [1.807, 2.05) is 0 Å². The van der Waals surface area contributed by atoms with Gasteiger partial charge in [-0.25, -0.2) is 0 Å². The summed E-state index contributed by atoms with van der Waals surface area (Å²) in [5.74, 6) is -0.0297. The SMILES string of the molecule is CCCCCCCCCCCCCC/C=C\CCCCCCCCCCCCCC(=O)NC(CO)C(O)CCCCCCCCCCCCCC. The van der Waals surface area contributed by atoms with Crippen LogP contribution in [-0.2, 0) is 4.79 Å². The van der Waals surface area contributed by atoms with Crippen LogP contribution in [0.2, 0.25) is 0 Å². The van der Waals surface area contributed by atoms with Crippen LogP contribution in [0.4, 0.5) is 0 Å². The fraction of sp³-hybridized carbons (Fsp3) is 0.936. The summed E-state index contributed by atoms with van der Waals surface area (Å²) in [6, 6.07) is -0.532. The van der Waals surface area contributed by atoms with Gasteiger partial charge in [0.1, 0.15) is 0 Å². The zero-order valence-electron chi connectivity index (χ0n) is 34.9. The molecule has 0 rings (SSSR count). The molecule has 2 unspecified atom stereocenters. The van der Waals surface area contributed by atoms with Gasteiger partial charge in [0.25, 0.3) is 0 Å². The summed E-state index contributed by atoms with van der Waals surface area (Å²) in [5, 5.41) is 23.1. The van der Waals surface area contributed by atoms with Gasteiger partial charge in [-0.3, -0.25) is 4.79 Å². The molecule has 0 aromatic carbocycles. The van der Waals surface area contributed by atoms with Crippen molar-refractivity contribution in [3.63, 3.8) is 0 Å². The number of allylic oxidation sites excluding steroid dienone is 2. The number of hydrogen-bond donors (Lipinski definition) is 3. The number of nitrogens with one attached hydrogen (secondary N) is 1. The Morgan fingerprint density at radius 2 is 0.745 bits per heavy atom. The van der Waals surface area contributed by atoms with Crippen LogP contribution in [0.1, 0.15) is 264 Å². The van der Waals surface area contributed by atoms with E-state index < -0.39 is 12.1 Å². The Morgan fingerprint density at radius 1 is 0.451 bits per heavy atom. The Hall–Kier alpha value is -0.870. The van der Waals surface area contributed by atoms with Crippen molar-refractivity contribution in [2.45, 2.75) is 276 Å². The number of hydrogen-bond acceptors (Lipinski definition) is 3. The third kappa shape index (κ3) is 40.2. The van der Waals surface area contributed by atoms with E-state index in [2.05, 4.69) is 31.3 Å². The maximum absolute atomic E-state index is 12.4. The zero-order valence-corrected chi connectivity index (χ0v) is 34.9. The second-order valence-electron chi connectivity index (χ2n) is 16.2. The molecule has 4 heteroatoms. The van der Waals surface area contributed by atoms with Crippen LogP contribution < -0.4 is 5.32 Å². The van der Waals surface area contributed by atoms with Crippen LogP contribution in [0.5, 0.6) is 0 Å². The van der Waals surface area contributed by atoms with Crippen LogP contribution in [-0.4, -0.2) is 34.9 Å². The second-order valence-corrected chi connectivity index (χ2v) is 16.2. The van der Waals surface area contributed by atoms with E-state index in [0.717, 1.165) is 25.7 Å². The van der Waals surface area contributed by atoms with Gasteiger partial charge in [-0.05, 0) is 38.5 Å². The zero-order chi connectivity index (χ0) is 37.1. The molecule has 0 spiro atoms. The maximum atomic E-state index is 12.4. The Morgan fingerprint density at radius 3 is 1.08 bits per heavy atom. The molecule has 1 amide bonds. The van der Waals surface area contributed by atoms with Gasteiger partial charge in [0.05, 0.1) is 18.8 Å². The smallest absolute Gasteiger partial charge is 0.220 e. The molecule has 0 aliphatic carbocycles. The molecule has 0 saturated heterocycles. The minimum absolute atomic E-state index is 0.0297. The number of rotatable bonds is 43. The van der Waals surface area contributed by atoms with Crippen LogP contribution >= 0.6 is 0 Å². The molecule has 0 aromatic rings. The number of aliphatic hydroxyl groups excluding tert-OH is 2. The van der Waals surface area contributed by atoms with Gasteiger partial charge in [-0.2, -0.15) is 0 Å². The minimum Gasteiger partial charge on any atom is -0.394 e.